The van der Waals surface area contributed by atoms with Crippen LogP contribution in [0, 0.1) is 0 Å². The second-order valence-electron chi connectivity index (χ2n) is 3.50. The standard InChI is InChI=1S/C9H22N2O3S2/c1-11(7-5-8-12)16(13,14)10-6-3-4-9-15-2/h10,12H,3-9H2,1-2H3. The molecule has 0 spiro atoms. The Labute approximate surface area is 103 Å². The summed E-state index contributed by atoms with van der Waals surface area (Å²) in [5, 5.41) is 8.61. The third-order valence-electron chi connectivity index (χ3n) is 2.10. The zero-order chi connectivity index (χ0) is 12.4. The fourth-order valence-corrected chi connectivity index (χ4v) is 2.58. The van der Waals surface area contributed by atoms with Gasteiger partial charge in [-0.3, -0.25) is 0 Å². The van der Waals surface area contributed by atoms with Crippen molar-refractivity contribution >= 4 is 22.0 Å². The molecular formula is C9H22N2O3S2. The molecular weight excluding hydrogens is 248 g/mol. The van der Waals surface area contributed by atoms with E-state index in [0.717, 1.165) is 18.6 Å². The fourth-order valence-electron chi connectivity index (χ4n) is 1.10. The average molecular weight is 270 g/mol. The molecule has 0 fully saturated rings. The topological polar surface area (TPSA) is 69.6 Å². The van der Waals surface area contributed by atoms with Crippen LogP contribution in [0.15, 0.2) is 0 Å². The number of thioether (sulfide) groups is 1. The minimum atomic E-state index is -3.35. The first-order valence-electron chi connectivity index (χ1n) is 5.35. The van der Waals surface area contributed by atoms with Crippen LogP contribution in [-0.2, 0) is 10.2 Å². The van der Waals surface area contributed by atoms with Crippen molar-refractivity contribution in [2.75, 3.05) is 38.8 Å². The molecule has 0 amide bonds. The van der Waals surface area contributed by atoms with Crippen molar-refractivity contribution in [2.45, 2.75) is 19.3 Å². The summed E-state index contributed by atoms with van der Waals surface area (Å²) in [5.74, 6) is 1.06. The van der Waals surface area contributed by atoms with Crippen LogP contribution in [-0.4, -0.2) is 56.6 Å². The highest BCUT2D eigenvalue weighted by atomic mass is 32.2. The van der Waals surface area contributed by atoms with Gasteiger partial charge in [-0.25, -0.2) is 4.72 Å². The molecule has 0 aliphatic heterocycles. The second-order valence-corrected chi connectivity index (χ2v) is 6.35. The van der Waals surface area contributed by atoms with Crippen LogP contribution >= 0.6 is 11.8 Å². The maximum absolute atomic E-state index is 11.6. The van der Waals surface area contributed by atoms with E-state index in [4.69, 9.17) is 5.11 Å². The predicted octanol–water partition coefficient (Wildman–Crippen LogP) is 0.278. The summed E-state index contributed by atoms with van der Waals surface area (Å²) in [4.78, 5) is 0. The molecule has 0 rings (SSSR count). The summed E-state index contributed by atoms with van der Waals surface area (Å²) in [6, 6.07) is 0. The van der Waals surface area contributed by atoms with Gasteiger partial charge in [0.05, 0.1) is 0 Å². The van der Waals surface area contributed by atoms with Gasteiger partial charge in [-0.2, -0.15) is 24.5 Å². The Kier molecular flexibility index (Phi) is 9.34. The summed E-state index contributed by atoms with van der Waals surface area (Å²) in [6.07, 6.45) is 4.37. The van der Waals surface area contributed by atoms with E-state index in [2.05, 4.69) is 4.72 Å². The number of unbranched alkanes of at least 4 members (excludes halogenated alkanes) is 1. The SMILES string of the molecule is CSCCCCNS(=O)(=O)N(C)CCCO. The number of hydrogen-bond donors (Lipinski definition) is 2. The van der Waals surface area contributed by atoms with E-state index in [1.165, 1.54) is 11.4 Å². The van der Waals surface area contributed by atoms with Crippen molar-refractivity contribution in [1.29, 1.82) is 0 Å². The molecule has 0 aromatic rings. The summed E-state index contributed by atoms with van der Waals surface area (Å²) < 4.78 is 27.0. The molecule has 16 heavy (non-hydrogen) atoms. The number of rotatable bonds is 10. The van der Waals surface area contributed by atoms with Crippen molar-refractivity contribution in [1.82, 2.24) is 9.03 Å². The molecule has 0 bridgehead atoms. The summed E-state index contributed by atoms with van der Waals surface area (Å²) in [7, 11) is -1.84. The van der Waals surface area contributed by atoms with Crippen LogP contribution in [0.3, 0.4) is 0 Å². The van der Waals surface area contributed by atoms with E-state index in [9.17, 15) is 8.42 Å². The minimum absolute atomic E-state index is 0.00752. The number of hydrogen-bond acceptors (Lipinski definition) is 4. The first kappa shape index (κ1) is 16.2. The Balaban J connectivity index is 3.77. The van der Waals surface area contributed by atoms with E-state index in [0.29, 0.717) is 19.5 Å². The van der Waals surface area contributed by atoms with E-state index in [1.807, 2.05) is 6.26 Å². The van der Waals surface area contributed by atoms with Gasteiger partial charge in [0.25, 0.3) is 10.2 Å². The third kappa shape index (κ3) is 7.45. The number of nitrogens with zero attached hydrogens (tertiary/aromatic N) is 1. The Bertz CT molecular complexity index is 257. The number of nitrogens with one attached hydrogen (secondary N) is 1. The van der Waals surface area contributed by atoms with Gasteiger partial charge < -0.3 is 5.11 Å². The van der Waals surface area contributed by atoms with E-state index in [1.54, 1.807) is 11.8 Å². The molecule has 0 aliphatic carbocycles. The maximum Gasteiger partial charge on any atom is 0.279 e. The quantitative estimate of drug-likeness (QED) is 0.559. The number of aliphatic hydroxyl groups is 1. The third-order valence-corrected chi connectivity index (χ3v) is 4.37. The molecule has 0 aliphatic rings. The molecule has 98 valence electrons. The van der Waals surface area contributed by atoms with Crippen LogP contribution in [0.5, 0.6) is 0 Å². The van der Waals surface area contributed by atoms with E-state index >= 15 is 0 Å². The van der Waals surface area contributed by atoms with Crippen LogP contribution in [0.25, 0.3) is 0 Å². The molecule has 0 heterocycles. The van der Waals surface area contributed by atoms with Gasteiger partial charge in [0.15, 0.2) is 0 Å². The average Bonchev–Trinajstić information content (AvgIpc) is 2.25. The molecule has 0 aromatic heterocycles. The minimum Gasteiger partial charge on any atom is -0.396 e. The molecule has 2 N–H and O–H groups in total. The Morgan fingerprint density at radius 1 is 1.31 bits per heavy atom. The molecule has 0 atom stereocenters. The molecule has 0 aromatic carbocycles. The lowest BCUT2D eigenvalue weighted by Gasteiger charge is -2.16. The molecule has 5 nitrogen and oxygen atoms in total. The molecule has 0 unspecified atom stereocenters. The van der Waals surface area contributed by atoms with E-state index in [-0.39, 0.29) is 6.61 Å². The van der Waals surface area contributed by atoms with Crippen LogP contribution < -0.4 is 4.72 Å². The first-order chi connectivity index (χ1) is 7.54. The van der Waals surface area contributed by atoms with Crippen molar-refractivity contribution in [3.63, 3.8) is 0 Å². The summed E-state index contributed by atoms with van der Waals surface area (Å²) >= 11 is 1.76. The van der Waals surface area contributed by atoms with Gasteiger partial charge in [0, 0.05) is 26.7 Å². The van der Waals surface area contributed by atoms with Gasteiger partial charge in [-0.05, 0) is 31.3 Å². The van der Waals surface area contributed by atoms with Gasteiger partial charge in [-0.15, -0.1) is 0 Å². The summed E-state index contributed by atoms with van der Waals surface area (Å²) in [6.45, 7) is 0.830. The van der Waals surface area contributed by atoms with Crippen LogP contribution in [0.2, 0.25) is 0 Å². The molecule has 0 radical (unpaired) electrons. The largest absolute Gasteiger partial charge is 0.396 e. The molecule has 0 saturated heterocycles. The Morgan fingerprint density at radius 3 is 2.56 bits per heavy atom. The first-order valence-corrected chi connectivity index (χ1v) is 8.18. The monoisotopic (exact) mass is 270 g/mol. The van der Waals surface area contributed by atoms with Crippen molar-refractivity contribution in [3.05, 3.63) is 0 Å². The maximum atomic E-state index is 11.6. The Morgan fingerprint density at radius 2 is 2.00 bits per heavy atom. The fraction of sp³-hybridized carbons (Fsp3) is 1.00. The van der Waals surface area contributed by atoms with Gasteiger partial charge in [0.1, 0.15) is 0 Å². The van der Waals surface area contributed by atoms with Gasteiger partial charge in [-0.1, -0.05) is 0 Å². The number of aliphatic hydroxyl groups excluding tert-OH is 1. The predicted molar refractivity (Wildman–Crippen MR) is 68.9 cm³/mol. The normalized spacial score (nSPS) is 12.2. The summed E-state index contributed by atoms with van der Waals surface area (Å²) in [5.41, 5.74) is 0. The van der Waals surface area contributed by atoms with Gasteiger partial charge in [0.2, 0.25) is 0 Å². The lowest BCUT2D eigenvalue weighted by Crippen LogP contribution is -2.39. The van der Waals surface area contributed by atoms with Gasteiger partial charge >= 0.3 is 0 Å². The van der Waals surface area contributed by atoms with E-state index < -0.39 is 10.2 Å². The smallest absolute Gasteiger partial charge is 0.279 e. The molecule has 0 saturated carbocycles. The van der Waals surface area contributed by atoms with Crippen LogP contribution in [0.4, 0.5) is 0 Å². The highest BCUT2D eigenvalue weighted by Gasteiger charge is 2.15. The van der Waals surface area contributed by atoms with Crippen molar-refractivity contribution < 1.29 is 13.5 Å². The lowest BCUT2D eigenvalue weighted by molar-refractivity contribution is 0.275. The highest BCUT2D eigenvalue weighted by Crippen LogP contribution is 2.00. The van der Waals surface area contributed by atoms with Crippen LogP contribution in [0.1, 0.15) is 19.3 Å². The second kappa shape index (κ2) is 9.23. The zero-order valence-corrected chi connectivity index (χ0v) is 11.6. The highest BCUT2D eigenvalue weighted by molar-refractivity contribution is 7.98. The zero-order valence-electron chi connectivity index (χ0n) is 9.98. The Hall–Kier alpha value is 0.180. The lowest BCUT2D eigenvalue weighted by atomic mass is 10.3. The van der Waals surface area contributed by atoms with Crippen molar-refractivity contribution in [2.24, 2.45) is 0 Å². The molecule has 7 heteroatoms. The van der Waals surface area contributed by atoms with Crippen molar-refractivity contribution in [3.8, 4) is 0 Å².